The number of nitrogens with zero attached hydrogens (tertiary/aromatic N) is 4. The lowest BCUT2D eigenvalue weighted by Gasteiger charge is -2.00. The Kier molecular flexibility index (Phi) is 1.60. The van der Waals surface area contributed by atoms with E-state index in [2.05, 4.69) is 4.98 Å². The van der Waals surface area contributed by atoms with Crippen LogP contribution in [0.5, 0.6) is 0 Å². The van der Waals surface area contributed by atoms with Gasteiger partial charge < -0.3 is 4.57 Å². The van der Waals surface area contributed by atoms with Crippen molar-refractivity contribution in [3.05, 3.63) is 27.2 Å². The van der Waals surface area contributed by atoms with Crippen molar-refractivity contribution in [2.75, 3.05) is 0 Å². The third kappa shape index (κ3) is 0.876. The van der Waals surface area contributed by atoms with E-state index in [4.69, 9.17) is 0 Å². The Morgan fingerprint density at radius 3 is 2.36 bits per heavy atom. The van der Waals surface area contributed by atoms with E-state index in [0.717, 1.165) is 0 Å². The summed E-state index contributed by atoms with van der Waals surface area (Å²) >= 11 is 0. The fraction of sp³-hybridized carbons (Fsp3) is 0.375. The van der Waals surface area contributed by atoms with E-state index in [9.17, 15) is 9.59 Å². The minimum Gasteiger partial charge on any atom is -0.320 e. The second kappa shape index (κ2) is 2.57. The summed E-state index contributed by atoms with van der Waals surface area (Å²) in [4.78, 5) is 26.6. The van der Waals surface area contributed by atoms with Gasteiger partial charge in [-0.15, -0.1) is 0 Å². The number of fused-ring (bicyclic) bond motifs is 1. The maximum Gasteiger partial charge on any atom is 0.329 e. The molecule has 74 valence electrons. The maximum atomic E-state index is 11.5. The molecule has 2 aromatic heterocycles. The highest BCUT2D eigenvalue weighted by atomic mass is 16.2. The van der Waals surface area contributed by atoms with Crippen LogP contribution >= 0.6 is 0 Å². The summed E-state index contributed by atoms with van der Waals surface area (Å²) in [5, 5.41) is 0. The summed E-state index contributed by atoms with van der Waals surface area (Å²) in [5.41, 5.74) is 0.319. The van der Waals surface area contributed by atoms with Gasteiger partial charge in [0.15, 0.2) is 5.52 Å². The predicted octanol–water partition coefficient (Wildman–Crippen LogP) is -1.03. The van der Waals surface area contributed by atoms with Crippen molar-refractivity contribution in [1.29, 1.82) is 0 Å². The van der Waals surface area contributed by atoms with Crippen molar-refractivity contribution in [2.45, 2.75) is 0 Å². The van der Waals surface area contributed by atoms with Crippen molar-refractivity contribution >= 4 is 11.2 Å². The summed E-state index contributed by atoms with van der Waals surface area (Å²) in [6.07, 6.45) is 1.41. The second-order valence-electron chi connectivity index (χ2n) is 3.23. The molecule has 0 aliphatic heterocycles. The molecular formula is C8H10N4O2. The Morgan fingerprint density at radius 1 is 1.14 bits per heavy atom. The van der Waals surface area contributed by atoms with Crippen molar-refractivity contribution in [2.24, 2.45) is 21.1 Å². The first-order chi connectivity index (χ1) is 6.54. The molecular weight excluding hydrogens is 184 g/mol. The van der Waals surface area contributed by atoms with Gasteiger partial charge in [-0.25, -0.2) is 4.79 Å². The molecule has 2 heterocycles. The third-order valence-corrected chi connectivity index (χ3v) is 2.32. The number of imidazole rings is 1. The molecule has 0 amide bonds. The largest absolute Gasteiger partial charge is 0.329 e. The fourth-order valence-electron chi connectivity index (χ4n) is 1.62. The zero-order valence-electron chi connectivity index (χ0n) is 8.18. The van der Waals surface area contributed by atoms with E-state index < -0.39 is 0 Å². The summed E-state index contributed by atoms with van der Waals surface area (Å²) < 4.78 is 4.39. The van der Waals surface area contributed by atoms with Gasteiger partial charge in [0.1, 0.15) is 12.0 Å². The van der Waals surface area contributed by atoms with Crippen LogP contribution in [0.3, 0.4) is 0 Å². The molecule has 0 aromatic carbocycles. The molecule has 0 radical (unpaired) electrons. The number of hydrogen-bond donors (Lipinski definition) is 0. The van der Waals surface area contributed by atoms with Crippen molar-refractivity contribution < 1.29 is 0 Å². The monoisotopic (exact) mass is 194 g/mol. The molecule has 0 saturated heterocycles. The van der Waals surface area contributed by atoms with E-state index in [0.29, 0.717) is 11.2 Å². The lowest BCUT2D eigenvalue weighted by atomic mass is 10.5. The zero-order chi connectivity index (χ0) is 10.5. The van der Waals surface area contributed by atoms with Crippen LogP contribution in [0.2, 0.25) is 0 Å². The first-order valence-corrected chi connectivity index (χ1v) is 4.11. The molecule has 6 heteroatoms. The molecule has 0 unspecified atom stereocenters. The minimum absolute atomic E-state index is 0.222. The molecule has 2 rings (SSSR count). The summed E-state index contributed by atoms with van der Waals surface area (Å²) in [7, 11) is 4.94. The Balaban J connectivity index is 3.25. The van der Waals surface area contributed by atoms with E-state index in [1.165, 1.54) is 15.5 Å². The smallest absolute Gasteiger partial charge is 0.320 e. The number of aromatic nitrogens is 4. The topological polar surface area (TPSA) is 61.8 Å². The van der Waals surface area contributed by atoms with Crippen LogP contribution < -0.4 is 11.2 Å². The quantitative estimate of drug-likeness (QED) is 0.538. The number of aryl methyl sites for hydroxylation is 3. The molecule has 14 heavy (non-hydrogen) atoms. The average molecular weight is 194 g/mol. The lowest BCUT2D eigenvalue weighted by Crippen LogP contribution is -2.20. The number of hydrogen-bond acceptors (Lipinski definition) is 3. The van der Waals surface area contributed by atoms with Gasteiger partial charge in [0.2, 0.25) is 0 Å². The Morgan fingerprint density at radius 2 is 1.79 bits per heavy atom. The van der Waals surface area contributed by atoms with Crippen molar-refractivity contribution in [1.82, 2.24) is 18.7 Å². The summed E-state index contributed by atoms with van der Waals surface area (Å²) in [6.45, 7) is 0. The molecule has 0 aliphatic carbocycles. The Labute approximate surface area is 79.0 Å². The van der Waals surface area contributed by atoms with Gasteiger partial charge in [-0.2, -0.15) is 4.98 Å². The Hall–Kier alpha value is -1.85. The SMILES string of the molecule is Cn1cnc(=O)c2c1n(C)c(=O)n2C. The Bertz CT molecular complexity index is 617. The van der Waals surface area contributed by atoms with Gasteiger partial charge in [-0.1, -0.05) is 0 Å². The van der Waals surface area contributed by atoms with Gasteiger partial charge in [0.05, 0.1) is 0 Å². The van der Waals surface area contributed by atoms with Gasteiger partial charge in [-0.05, 0) is 0 Å². The molecule has 0 aliphatic rings. The molecule has 6 nitrogen and oxygen atoms in total. The van der Waals surface area contributed by atoms with Crippen LogP contribution in [0, 0.1) is 0 Å². The predicted molar refractivity (Wildman–Crippen MR) is 51.2 cm³/mol. The highest BCUT2D eigenvalue weighted by Gasteiger charge is 2.12. The van der Waals surface area contributed by atoms with Crippen molar-refractivity contribution in [3.63, 3.8) is 0 Å². The van der Waals surface area contributed by atoms with E-state index in [-0.39, 0.29) is 11.2 Å². The highest BCUT2D eigenvalue weighted by Crippen LogP contribution is 2.02. The molecule has 0 N–H and O–H groups in total. The van der Waals surface area contributed by atoms with Crippen LogP contribution in [0.1, 0.15) is 0 Å². The van der Waals surface area contributed by atoms with Gasteiger partial charge in [0.25, 0.3) is 5.56 Å². The third-order valence-electron chi connectivity index (χ3n) is 2.32. The molecule has 0 bridgehead atoms. The highest BCUT2D eigenvalue weighted by molar-refractivity contribution is 5.70. The van der Waals surface area contributed by atoms with Crippen molar-refractivity contribution in [3.8, 4) is 0 Å². The van der Waals surface area contributed by atoms with Crippen LogP contribution in [-0.4, -0.2) is 18.7 Å². The molecule has 0 atom stereocenters. The van der Waals surface area contributed by atoms with Crippen LogP contribution in [-0.2, 0) is 21.1 Å². The van der Waals surface area contributed by atoms with E-state index in [1.54, 1.807) is 25.7 Å². The maximum absolute atomic E-state index is 11.5. The normalized spacial score (nSPS) is 11.1. The fourth-order valence-corrected chi connectivity index (χ4v) is 1.62. The lowest BCUT2D eigenvalue weighted by molar-refractivity contribution is 0.775. The second-order valence-corrected chi connectivity index (χ2v) is 3.23. The summed E-state index contributed by atoms with van der Waals surface area (Å²) in [6, 6.07) is 0. The minimum atomic E-state index is -0.377. The molecule has 0 fully saturated rings. The van der Waals surface area contributed by atoms with E-state index >= 15 is 0 Å². The average Bonchev–Trinajstić information content (AvgIpc) is 2.38. The first kappa shape index (κ1) is 8.74. The first-order valence-electron chi connectivity index (χ1n) is 4.11. The van der Waals surface area contributed by atoms with Gasteiger partial charge >= 0.3 is 5.69 Å². The van der Waals surface area contributed by atoms with E-state index in [1.807, 2.05) is 0 Å². The van der Waals surface area contributed by atoms with Crippen LogP contribution in [0.25, 0.3) is 11.2 Å². The molecule has 0 spiro atoms. The molecule has 0 saturated carbocycles. The number of rotatable bonds is 0. The van der Waals surface area contributed by atoms with Crippen LogP contribution in [0.4, 0.5) is 0 Å². The van der Waals surface area contributed by atoms with Gasteiger partial charge in [-0.3, -0.25) is 13.9 Å². The van der Waals surface area contributed by atoms with Gasteiger partial charge in [0, 0.05) is 21.1 Å². The van der Waals surface area contributed by atoms with Crippen LogP contribution in [0.15, 0.2) is 15.9 Å². The summed E-state index contributed by atoms with van der Waals surface area (Å²) in [5.74, 6) is 0. The molecule has 2 aromatic rings. The standard InChI is InChI=1S/C8H10N4O2/c1-10-4-9-6(13)5-7(10)12(3)8(14)11(5)2/h4H,1-3H3. The zero-order valence-corrected chi connectivity index (χ0v) is 8.18.